The second-order valence-electron chi connectivity index (χ2n) is 6.51. The summed E-state index contributed by atoms with van der Waals surface area (Å²) in [5.74, 6) is 0.840. The summed E-state index contributed by atoms with van der Waals surface area (Å²) in [6.45, 7) is 0. The van der Waals surface area contributed by atoms with Crippen molar-refractivity contribution in [2.45, 2.75) is 31.1 Å². The number of nitriles is 1. The molecule has 134 valence electrons. The van der Waals surface area contributed by atoms with Crippen molar-refractivity contribution in [3.05, 3.63) is 53.6 Å². The number of benzene rings is 2. The molecule has 0 radical (unpaired) electrons. The van der Waals surface area contributed by atoms with Gasteiger partial charge in [-0.2, -0.15) is 5.26 Å². The highest BCUT2D eigenvalue weighted by Crippen LogP contribution is 2.41. The molecule has 26 heavy (non-hydrogen) atoms. The first kappa shape index (κ1) is 17.8. The number of ether oxygens (including phenoxy) is 2. The topological polar surface area (TPSA) is 71.3 Å². The molecule has 3 rings (SSSR count). The van der Waals surface area contributed by atoms with E-state index in [-0.39, 0.29) is 5.91 Å². The number of carbonyl (C=O) groups is 1. The first-order valence-corrected chi connectivity index (χ1v) is 8.67. The molecule has 0 atom stereocenters. The zero-order valence-corrected chi connectivity index (χ0v) is 15.0. The molecule has 1 N–H and O–H groups in total. The number of rotatable bonds is 5. The Morgan fingerprint density at radius 1 is 1.08 bits per heavy atom. The number of amides is 1. The maximum Gasteiger partial charge on any atom is 0.255 e. The summed E-state index contributed by atoms with van der Waals surface area (Å²) in [6.07, 6.45) is 3.87. The molecule has 0 heterocycles. The smallest absolute Gasteiger partial charge is 0.255 e. The van der Waals surface area contributed by atoms with Crippen LogP contribution < -0.4 is 14.8 Å². The van der Waals surface area contributed by atoms with Gasteiger partial charge in [-0.15, -0.1) is 0 Å². The summed E-state index contributed by atoms with van der Waals surface area (Å²) in [4.78, 5) is 12.6. The van der Waals surface area contributed by atoms with Crippen LogP contribution in [0.3, 0.4) is 0 Å². The van der Waals surface area contributed by atoms with Crippen molar-refractivity contribution in [3.63, 3.8) is 0 Å². The molecule has 0 spiro atoms. The molecule has 5 heteroatoms. The normalized spacial score (nSPS) is 15.1. The summed E-state index contributed by atoms with van der Waals surface area (Å²) in [6, 6.07) is 15.1. The third-order valence-corrected chi connectivity index (χ3v) is 4.99. The Labute approximate surface area is 153 Å². The fourth-order valence-corrected chi connectivity index (χ4v) is 3.52. The Kier molecular flexibility index (Phi) is 5.13. The fourth-order valence-electron chi connectivity index (χ4n) is 3.52. The standard InChI is InChI=1S/C21H22N2O3/c1-25-18-9-8-15(12-19(18)26-2)20(24)23-17-7-5-6-16(13-17)21(14-22)10-3-4-11-21/h5-9,12-13H,3-4,10-11H2,1-2H3,(H,23,24). The van der Waals surface area contributed by atoms with Crippen molar-refractivity contribution < 1.29 is 14.3 Å². The van der Waals surface area contributed by atoms with Gasteiger partial charge in [-0.1, -0.05) is 25.0 Å². The maximum atomic E-state index is 12.6. The summed E-state index contributed by atoms with van der Waals surface area (Å²) >= 11 is 0. The van der Waals surface area contributed by atoms with Gasteiger partial charge in [-0.3, -0.25) is 4.79 Å². The van der Waals surface area contributed by atoms with E-state index >= 15 is 0 Å². The Morgan fingerprint density at radius 2 is 1.81 bits per heavy atom. The van der Waals surface area contributed by atoms with Crippen LogP contribution in [0.4, 0.5) is 5.69 Å². The Balaban J connectivity index is 1.82. The lowest BCUT2D eigenvalue weighted by Gasteiger charge is -2.21. The second-order valence-corrected chi connectivity index (χ2v) is 6.51. The van der Waals surface area contributed by atoms with Gasteiger partial charge in [-0.05, 0) is 48.7 Å². The quantitative estimate of drug-likeness (QED) is 0.873. The number of nitrogens with zero attached hydrogens (tertiary/aromatic N) is 1. The minimum atomic E-state index is -0.427. The van der Waals surface area contributed by atoms with Crippen molar-refractivity contribution >= 4 is 11.6 Å². The van der Waals surface area contributed by atoms with Crippen LogP contribution in [-0.4, -0.2) is 20.1 Å². The van der Waals surface area contributed by atoms with Gasteiger partial charge in [0, 0.05) is 11.3 Å². The molecule has 0 aromatic heterocycles. The first-order chi connectivity index (χ1) is 12.6. The molecule has 0 aliphatic heterocycles. The number of anilines is 1. The van der Waals surface area contributed by atoms with Crippen LogP contribution in [0.25, 0.3) is 0 Å². The predicted molar refractivity (Wildman–Crippen MR) is 99.7 cm³/mol. The molecule has 0 bridgehead atoms. The molecule has 1 amide bonds. The van der Waals surface area contributed by atoms with E-state index < -0.39 is 5.41 Å². The van der Waals surface area contributed by atoms with Crippen molar-refractivity contribution in [2.75, 3.05) is 19.5 Å². The van der Waals surface area contributed by atoms with Crippen LogP contribution in [0, 0.1) is 11.3 Å². The monoisotopic (exact) mass is 350 g/mol. The maximum absolute atomic E-state index is 12.6. The summed E-state index contributed by atoms with van der Waals surface area (Å²) in [5.41, 5.74) is 1.71. The van der Waals surface area contributed by atoms with E-state index in [0.29, 0.717) is 22.7 Å². The number of carbonyl (C=O) groups excluding carboxylic acids is 1. The molecule has 1 aliphatic rings. The minimum Gasteiger partial charge on any atom is -0.493 e. The van der Waals surface area contributed by atoms with Gasteiger partial charge in [0.2, 0.25) is 0 Å². The molecule has 1 fully saturated rings. The largest absolute Gasteiger partial charge is 0.493 e. The fraction of sp³-hybridized carbons (Fsp3) is 0.333. The first-order valence-electron chi connectivity index (χ1n) is 8.67. The van der Waals surface area contributed by atoms with E-state index in [4.69, 9.17) is 9.47 Å². The second kappa shape index (κ2) is 7.49. The number of nitrogens with one attached hydrogen (secondary N) is 1. The molecule has 1 aliphatic carbocycles. The zero-order chi connectivity index (χ0) is 18.6. The molecule has 0 saturated heterocycles. The van der Waals surface area contributed by atoms with Crippen LogP contribution in [0.5, 0.6) is 11.5 Å². The van der Waals surface area contributed by atoms with E-state index in [1.807, 2.05) is 24.3 Å². The minimum absolute atomic E-state index is 0.236. The highest BCUT2D eigenvalue weighted by Gasteiger charge is 2.35. The van der Waals surface area contributed by atoms with Gasteiger partial charge < -0.3 is 14.8 Å². The number of hydrogen-bond acceptors (Lipinski definition) is 4. The van der Waals surface area contributed by atoms with Crippen LogP contribution in [0.2, 0.25) is 0 Å². The van der Waals surface area contributed by atoms with E-state index in [2.05, 4.69) is 11.4 Å². The summed E-state index contributed by atoms with van der Waals surface area (Å²) in [7, 11) is 3.09. The third kappa shape index (κ3) is 3.36. The molecule has 1 saturated carbocycles. The lowest BCUT2D eigenvalue weighted by Crippen LogP contribution is -2.20. The van der Waals surface area contributed by atoms with Crippen LogP contribution >= 0.6 is 0 Å². The van der Waals surface area contributed by atoms with Crippen molar-refractivity contribution in [3.8, 4) is 17.6 Å². The van der Waals surface area contributed by atoms with Gasteiger partial charge in [0.25, 0.3) is 5.91 Å². The molecule has 2 aromatic rings. The van der Waals surface area contributed by atoms with E-state index in [1.165, 1.54) is 7.11 Å². The Morgan fingerprint density at radius 3 is 2.46 bits per heavy atom. The predicted octanol–water partition coefficient (Wildman–Crippen LogP) is 4.29. The molecular weight excluding hydrogens is 328 g/mol. The van der Waals surface area contributed by atoms with Gasteiger partial charge in [0.15, 0.2) is 11.5 Å². The zero-order valence-electron chi connectivity index (χ0n) is 15.0. The summed E-state index contributed by atoms with van der Waals surface area (Å²) in [5, 5.41) is 12.6. The number of methoxy groups -OCH3 is 2. The van der Waals surface area contributed by atoms with Crippen LogP contribution in [-0.2, 0) is 5.41 Å². The Hall–Kier alpha value is -3.00. The van der Waals surface area contributed by atoms with E-state index in [1.54, 1.807) is 25.3 Å². The van der Waals surface area contributed by atoms with E-state index in [0.717, 1.165) is 31.2 Å². The molecule has 5 nitrogen and oxygen atoms in total. The Bertz CT molecular complexity index is 849. The van der Waals surface area contributed by atoms with Gasteiger partial charge in [-0.25, -0.2) is 0 Å². The van der Waals surface area contributed by atoms with Crippen molar-refractivity contribution in [1.29, 1.82) is 5.26 Å². The lowest BCUT2D eigenvalue weighted by atomic mass is 9.80. The van der Waals surface area contributed by atoms with Gasteiger partial charge in [0.05, 0.1) is 25.7 Å². The summed E-state index contributed by atoms with van der Waals surface area (Å²) < 4.78 is 10.4. The van der Waals surface area contributed by atoms with E-state index in [9.17, 15) is 10.1 Å². The van der Waals surface area contributed by atoms with Gasteiger partial charge in [0.1, 0.15) is 0 Å². The average Bonchev–Trinajstić information content (AvgIpc) is 3.18. The SMILES string of the molecule is COc1ccc(C(=O)Nc2cccc(C3(C#N)CCCC3)c2)cc1OC. The van der Waals surface area contributed by atoms with Crippen molar-refractivity contribution in [1.82, 2.24) is 0 Å². The highest BCUT2D eigenvalue weighted by molar-refractivity contribution is 6.04. The van der Waals surface area contributed by atoms with Crippen LogP contribution in [0.1, 0.15) is 41.6 Å². The van der Waals surface area contributed by atoms with Gasteiger partial charge >= 0.3 is 0 Å². The molecular formula is C21H22N2O3. The van der Waals surface area contributed by atoms with Crippen molar-refractivity contribution in [2.24, 2.45) is 0 Å². The lowest BCUT2D eigenvalue weighted by molar-refractivity contribution is 0.102. The molecule has 2 aromatic carbocycles. The number of hydrogen-bond donors (Lipinski definition) is 1. The molecule has 0 unspecified atom stereocenters. The third-order valence-electron chi connectivity index (χ3n) is 4.99. The van der Waals surface area contributed by atoms with Crippen LogP contribution in [0.15, 0.2) is 42.5 Å². The highest BCUT2D eigenvalue weighted by atomic mass is 16.5. The average molecular weight is 350 g/mol.